The summed E-state index contributed by atoms with van der Waals surface area (Å²) in [6.45, 7) is 1.21. The van der Waals surface area contributed by atoms with Gasteiger partial charge in [-0.15, -0.1) is 0 Å². The number of benzene rings is 1. The van der Waals surface area contributed by atoms with E-state index in [1.54, 1.807) is 11.0 Å². The fourth-order valence-electron chi connectivity index (χ4n) is 4.79. The second-order valence-corrected chi connectivity index (χ2v) is 8.00. The van der Waals surface area contributed by atoms with Gasteiger partial charge in [0.1, 0.15) is 5.82 Å². The van der Waals surface area contributed by atoms with Crippen LogP contribution in [0.25, 0.3) is 11.0 Å². The number of likely N-dealkylation sites (tertiary alicyclic amines) is 1. The lowest BCUT2D eigenvalue weighted by Gasteiger charge is -2.36. The number of aliphatic carboxylic acids is 1. The fourth-order valence-corrected chi connectivity index (χ4v) is 4.79. The predicted molar refractivity (Wildman–Crippen MR) is 92.6 cm³/mol. The van der Waals surface area contributed by atoms with Crippen LogP contribution in [0.15, 0.2) is 22.7 Å². The maximum absolute atomic E-state index is 13.3. The maximum Gasteiger partial charge on any atom is 0.317 e. The van der Waals surface area contributed by atoms with Gasteiger partial charge in [-0.2, -0.15) is 0 Å². The molecule has 2 amide bonds. The molecule has 3 atom stereocenters. The largest absolute Gasteiger partial charge is 0.481 e. The summed E-state index contributed by atoms with van der Waals surface area (Å²) in [5, 5.41) is 17.1. The SMILES string of the molecule is O=C(N[C@H]1C[C@@]2(C(=O)O)C[C@@H]12)N1CCC(c2noc3cc(F)ccc23)CC1. The van der Waals surface area contributed by atoms with Crippen LogP contribution in [0.5, 0.6) is 0 Å². The molecule has 1 aromatic heterocycles. The number of halogens is 1. The van der Waals surface area contributed by atoms with Crippen molar-refractivity contribution in [2.24, 2.45) is 11.3 Å². The quantitative estimate of drug-likeness (QED) is 0.862. The summed E-state index contributed by atoms with van der Waals surface area (Å²) in [5.74, 6) is -0.820. The van der Waals surface area contributed by atoms with Gasteiger partial charge in [0.05, 0.1) is 11.1 Å². The molecular weight excluding hydrogens is 353 g/mol. The molecule has 5 rings (SSSR count). The summed E-state index contributed by atoms with van der Waals surface area (Å²) >= 11 is 0. The third-order valence-electron chi connectivity index (χ3n) is 6.57. The van der Waals surface area contributed by atoms with Crippen molar-refractivity contribution in [3.63, 3.8) is 0 Å². The van der Waals surface area contributed by atoms with Gasteiger partial charge in [0.2, 0.25) is 0 Å². The van der Waals surface area contributed by atoms with E-state index in [0.717, 1.165) is 23.9 Å². The second kappa shape index (κ2) is 5.68. The van der Waals surface area contributed by atoms with Crippen molar-refractivity contribution in [1.82, 2.24) is 15.4 Å². The van der Waals surface area contributed by atoms with Crippen molar-refractivity contribution in [1.29, 1.82) is 0 Å². The highest BCUT2D eigenvalue weighted by Crippen LogP contribution is 2.67. The van der Waals surface area contributed by atoms with Gasteiger partial charge in [0.25, 0.3) is 0 Å². The highest BCUT2D eigenvalue weighted by atomic mass is 19.1. The Labute approximate surface area is 154 Å². The fraction of sp³-hybridized carbons (Fsp3) is 0.526. The van der Waals surface area contributed by atoms with E-state index >= 15 is 0 Å². The predicted octanol–water partition coefficient (Wildman–Crippen LogP) is 2.72. The number of piperidine rings is 1. The van der Waals surface area contributed by atoms with Crippen molar-refractivity contribution in [3.05, 3.63) is 29.7 Å². The van der Waals surface area contributed by atoms with E-state index in [0.29, 0.717) is 31.5 Å². The van der Waals surface area contributed by atoms with Crippen molar-refractivity contribution in [3.8, 4) is 0 Å². The molecule has 0 spiro atoms. The molecule has 7 nitrogen and oxygen atoms in total. The first-order valence-electron chi connectivity index (χ1n) is 9.31. The number of nitrogens with zero attached hydrogens (tertiary/aromatic N) is 2. The Bertz CT molecular complexity index is 936. The topological polar surface area (TPSA) is 95.7 Å². The molecule has 2 N–H and O–H groups in total. The number of nitrogens with one attached hydrogen (secondary N) is 1. The summed E-state index contributed by atoms with van der Waals surface area (Å²) in [7, 11) is 0. The van der Waals surface area contributed by atoms with Crippen LogP contribution in [0.2, 0.25) is 0 Å². The van der Waals surface area contributed by atoms with Crippen molar-refractivity contribution >= 4 is 23.0 Å². The Morgan fingerprint density at radius 2 is 2.07 bits per heavy atom. The molecule has 0 unspecified atom stereocenters. The summed E-state index contributed by atoms with van der Waals surface area (Å²) < 4.78 is 18.5. The molecule has 1 aromatic carbocycles. The van der Waals surface area contributed by atoms with Crippen LogP contribution in [0.1, 0.15) is 37.3 Å². The normalized spacial score (nSPS) is 29.9. The van der Waals surface area contributed by atoms with Gasteiger partial charge in [-0.3, -0.25) is 4.79 Å². The van der Waals surface area contributed by atoms with Gasteiger partial charge in [-0.25, -0.2) is 9.18 Å². The molecule has 2 saturated carbocycles. The average molecular weight is 373 g/mol. The molecule has 0 radical (unpaired) electrons. The summed E-state index contributed by atoms with van der Waals surface area (Å²) in [6, 6.07) is 4.30. The van der Waals surface area contributed by atoms with Gasteiger partial charge in [-0.1, -0.05) is 5.16 Å². The molecule has 8 heteroatoms. The first-order valence-corrected chi connectivity index (χ1v) is 9.31. The highest BCUT2D eigenvalue weighted by molar-refractivity contribution is 5.83. The van der Waals surface area contributed by atoms with Crippen LogP contribution in [-0.2, 0) is 4.79 Å². The van der Waals surface area contributed by atoms with Crippen molar-refractivity contribution < 1.29 is 23.6 Å². The van der Waals surface area contributed by atoms with E-state index in [-0.39, 0.29) is 29.7 Å². The average Bonchev–Trinajstić information content (AvgIpc) is 3.06. The third-order valence-corrected chi connectivity index (χ3v) is 6.57. The first kappa shape index (κ1) is 16.5. The summed E-state index contributed by atoms with van der Waals surface area (Å²) in [5.41, 5.74) is 0.716. The number of amides is 2. The molecule has 0 bridgehead atoms. The van der Waals surface area contributed by atoms with Crippen molar-refractivity contribution in [2.45, 2.75) is 37.6 Å². The van der Waals surface area contributed by atoms with Gasteiger partial charge in [0, 0.05) is 36.5 Å². The monoisotopic (exact) mass is 373 g/mol. The van der Waals surface area contributed by atoms with Crippen LogP contribution in [0.3, 0.4) is 0 Å². The van der Waals surface area contributed by atoms with E-state index < -0.39 is 11.4 Å². The number of hydrogen-bond acceptors (Lipinski definition) is 4. The lowest BCUT2D eigenvalue weighted by molar-refractivity contribution is -0.147. The second-order valence-electron chi connectivity index (χ2n) is 8.00. The molecule has 2 heterocycles. The van der Waals surface area contributed by atoms with Crippen LogP contribution in [0, 0.1) is 17.2 Å². The molecule has 3 fully saturated rings. The molecule has 1 saturated heterocycles. The zero-order valence-corrected chi connectivity index (χ0v) is 14.7. The molecule has 3 aliphatic rings. The van der Waals surface area contributed by atoms with Gasteiger partial charge >= 0.3 is 12.0 Å². The number of carboxylic acid groups (broad SMARTS) is 1. The van der Waals surface area contributed by atoms with E-state index in [9.17, 15) is 19.1 Å². The summed E-state index contributed by atoms with van der Waals surface area (Å²) in [6.07, 6.45) is 2.74. The third kappa shape index (κ3) is 2.49. The minimum Gasteiger partial charge on any atom is -0.481 e. The van der Waals surface area contributed by atoms with Gasteiger partial charge in [0.15, 0.2) is 5.58 Å². The zero-order valence-electron chi connectivity index (χ0n) is 14.7. The summed E-state index contributed by atoms with van der Waals surface area (Å²) in [4.78, 5) is 25.4. The number of hydrogen-bond donors (Lipinski definition) is 2. The first-order chi connectivity index (χ1) is 13.0. The number of rotatable bonds is 3. The molecular formula is C19H20FN3O4. The van der Waals surface area contributed by atoms with Gasteiger partial charge < -0.3 is 19.8 Å². The molecule has 1 aliphatic heterocycles. The van der Waals surface area contributed by atoms with Crippen LogP contribution >= 0.6 is 0 Å². The van der Waals surface area contributed by atoms with E-state index in [1.807, 2.05) is 0 Å². The number of aromatic nitrogens is 1. The van der Waals surface area contributed by atoms with Crippen LogP contribution in [-0.4, -0.2) is 46.3 Å². The Balaban J connectivity index is 1.18. The lowest BCUT2D eigenvalue weighted by atomic mass is 9.80. The number of carbonyl (C=O) groups excluding carboxylic acids is 1. The molecule has 142 valence electrons. The van der Waals surface area contributed by atoms with Crippen LogP contribution in [0.4, 0.5) is 9.18 Å². The minimum atomic E-state index is -0.737. The standard InChI is InChI=1S/C19H20FN3O4/c20-11-1-2-12-15(7-11)27-22-16(12)10-3-5-23(6-4-10)18(26)21-14-9-19(17(24)25)8-13(14)19/h1-2,7,10,13-14H,3-6,8-9H2,(H,21,26)(H,24,25)/t13-,14-,19-/m0/s1. The molecule has 2 aromatic rings. The lowest BCUT2D eigenvalue weighted by Crippen LogP contribution is -2.53. The number of fused-ring (bicyclic) bond motifs is 2. The van der Waals surface area contributed by atoms with E-state index in [4.69, 9.17) is 4.52 Å². The van der Waals surface area contributed by atoms with E-state index in [2.05, 4.69) is 10.5 Å². The Kier molecular flexibility index (Phi) is 3.47. The Morgan fingerprint density at radius 3 is 2.74 bits per heavy atom. The highest BCUT2D eigenvalue weighted by Gasteiger charge is 2.72. The number of carboxylic acids is 1. The molecule has 2 aliphatic carbocycles. The zero-order chi connectivity index (χ0) is 18.8. The smallest absolute Gasteiger partial charge is 0.317 e. The van der Waals surface area contributed by atoms with Crippen molar-refractivity contribution in [2.75, 3.05) is 13.1 Å². The number of urea groups is 1. The van der Waals surface area contributed by atoms with E-state index in [1.165, 1.54) is 12.1 Å². The Hall–Kier alpha value is -2.64. The number of carbonyl (C=O) groups is 2. The maximum atomic E-state index is 13.3. The Morgan fingerprint density at radius 1 is 1.30 bits per heavy atom. The molecule has 27 heavy (non-hydrogen) atoms. The van der Waals surface area contributed by atoms with Gasteiger partial charge in [-0.05, 0) is 43.7 Å². The minimum absolute atomic E-state index is 0.0132. The van der Waals surface area contributed by atoms with Crippen LogP contribution < -0.4 is 5.32 Å².